The van der Waals surface area contributed by atoms with Gasteiger partial charge in [-0.2, -0.15) is 0 Å². The van der Waals surface area contributed by atoms with Gasteiger partial charge in [-0.3, -0.25) is 4.79 Å². The summed E-state index contributed by atoms with van der Waals surface area (Å²) in [5.74, 6) is -1.48. The van der Waals surface area contributed by atoms with Crippen LogP contribution in [0.1, 0.15) is 43.0 Å². The van der Waals surface area contributed by atoms with E-state index in [2.05, 4.69) is 16.7 Å². The topological polar surface area (TPSA) is 93.7 Å². The van der Waals surface area contributed by atoms with Crippen molar-refractivity contribution in [3.05, 3.63) is 137 Å². The van der Waals surface area contributed by atoms with Crippen molar-refractivity contribution in [2.45, 2.75) is 32.1 Å². The van der Waals surface area contributed by atoms with Crippen molar-refractivity contribution >= 4 is 23.5 Å². The Labute approximate surface area is 233 Å². The molecule has 4 aromatic carbocycles. The van der Waals surface area contributed by atoms with Crippen LogP contribution in [-0.2, 0) is 40.3 Å². The van der Waals surface area contributed by atoms with Gasteiger partial charge in [0.05, 0.1) is 17.2 Å². The molecule has 2 N–H and O–H groups in total. The number of hydrogen-bond donors (Lipinski definition) is 2. The highest BCUT2D eigenvalue weighted by atomic mass is 16.5. The van der Waals surface area contributed by atoms with Crippen LogP contribution in [-0.4, -0.2) is 30.4 Å². The predicted molar refractivity (Wildman–Crippen MR) is 152 cm³/mol. The number of fused-ring (bicyclic) bond motifs is 1. The van der Waals surface area contributed by atoms with Gasteiger partial charge in [0.1, 0.15) is 13.2 Å². The largest absolute Gasteiger partial charge is 0.457 e. The summed E-state index contributed by atoms with van der Waals surface area (Å²) in [6, 6.07) is 30.7. The number of benzene rings is 4. The van der Waals surface area contributed by atoms with Gasteiger partial charge < -0.3 is 20.1 Å². The summed E-state index contributed by atoms with van der Waals surface area (Å²) in [6.07, 6.45) is 1.37. The van der Waals surface area contributed by atoms with Gasteiger partial charge in [-0.05, 0) is 59.8 Å². The molecule has 0 aliphatic carbocycles. The Bertz CT molecular complexity index is 1410. The number of nitrogens with one attached hydrogen (secondary N) is 2. The average molecular weight is 535 g/mol. The first-order valence-electron chi connectivity index (χ1n) is 13.2. The first kappa shape index (κ1) is 26.8. The van der Waals surface area contributed by atoms with Gasteiger partial charge in [0.15, 0.2) is 0 Å². The smallest absolute Gasteiger partial charge is 0.338 e. The van der Waals surface area contributed by atoms with Crippen LogP contribution < -0.4 is 10.6 Å². The summed E-state index contributed by atoms with van der Waals surface area (Å²) in [5, 5.41) is 6.20. The molecule has 7 heteroatoms. The summed E-state index contributed by atoms with van der Waals surface area (Å²) in [7, 11) is 0. The summed E-state index contributed by atoms with van der Waals surface area (Å²) < 4.78 is 11.0. The molecule has 0 saturated carbocycles. The van der Waals surface area contributed by atoms with E-state index >= 15 is 0 Å². The molecule has 5 rings (SSSR count). The van der Waals surface area contributed by atoms with E-state index in [4.69, 9.17) is 9.47 Å². The third-order valence-corrected chi connectivity index (χ3v) is 6.74. The zero-order valence-corrected chi connectivity index (χ0v) is 22.0. The summed E-state index contributed by atoms with van der Waals surface area (Å²) in [6.45, 7) is 0.822. The van der Waals surface area contributed by atoms with E-state index in [0.29, 0.717) is 18.7 Å². The standard InChI is InChI=1S/C33H30N2O5/c36-31(30-20-26-14-8-7-13-25(26)15-16-34-30)35-29-18-27(32(37)39-21-23-9-3-1-4-10-23)17-28(19-29)33(38)40-22-24-11-5-2-6-12-24/h1-14,17-19,30,34H,15-16,20-22H2,(H,35,36). The fourth-order valence-electron chi connectivity index (χ4n) is 4.64. The Kier molecular flexibility index (Phi) is 8.63. The van der Waals surface area contributed by atoms with Gasteiger partial charge in [0, 0.05) is 5.69 Å². The fraction of sp³-hybridized carbons (Fsp3) is 0.182. The lowest BCUT2D eigenvalue weighted by Gasteiger charge is -2.17. The van der Waals surface area contributed by atoms with Crippen LogP contribution in [0, 0.1) is 0 Å². The number of carbonyl (C=O) groups excluding carboxylic acids is 3. The molecule has 1 heterocycles. The van der Waals surface area contributed by atoms with Gasteiger partial charge in [-0.15, -0.1) is 0 Å². The van der Waals surface area contributed by atoms with Gasteiger partial charge >= 0.3 is 11.9 Å². The molecular weight excluding hydrogens is 504 g/mol. The Morgan fingerprint density at radius 2 is 1.23 bits per heavy atom. The number of hydrogen-bond acceptors (Lipinski definition) is 6. The van der Waals surface area contributed by atoms with Gasteiger partial charge in [0.2, 0.25) is 5.91 Å². The van der Waals surface area contributed by atoms with E-state index in [-0.39, 0.29) is 30.2 Å². The van der Waals surface area contributed by atoms with Crippen LogP contribution in [0.2, 0.25) is 0 Å². The van der Waals surface area contributed by atoms with Crippen LogP contribution in [0.3, 0.4) is 0 Å². The van der Waals surface area contributed by atoms with Crippen LogP contribution in [0.15, 0.2) is 103 Å². The zero-order valence-electron chi connectivity index (χ0n) is 22.0. The van der Waals surface area contributed by atoms with Crippen molar-refractivity contribution in [2.75, 3.05) is 11.9 Å². The minimum absolute atomic E-state index is 0.0788. The molecule has 0 saturated heterocycles. The van der Waals surface area contributed by atoms with E-state index in [1.165, 1.54) is 23.8 Å². The Balaban J connectivity index is 1.35. The maximum Gasteiger partial charge on any atom is 0.338 e. The molecule has 7 nitrogen and oxygen atoms in total. The molecule has 40 heavy (non-hydrogen) atoms. The lowest BCUT2D eigenvalue weighted by atomic mass is 10.00. The number of esters is 2. The minimum atomic E-state index is -0.612. The fourth-order valence-corrected chi connectivity index (χ4v) is 4.64. The molecule has 1 amide bonds. The maximum absolute atomic E-state index is 13.3. The minimum Gasteiger partial charge on any atom is -0.457 e. The molecule has 0 aromatic heterocycles. The number of carbonyl (C=O) groups is 3. The highest BCUT2D eigenvalue weighted by Crippen LogP contribution is 2.21. The monoisotopic (exact) mass is 534 g/mol. The molecule has 0 radical (unpaired) electrons. The normalized spacial score (nSPS) is 14.3. The van der Waals surface area contributed by atoms with E-state index in [9.17, 15) is 14.4 Å². The van der Waals surface area contributed by atoms with Crippen molar-refractivity contribution in [2.24, 2.45) is 0 Å². The van der Waals surface area contributed by atoms with Gasteiger partial charge in [-0.25, -0.2) is 9.59 Å². The summed E-state index contributed by atoms with van der Waals surface area (Å²) in [4.78, 5) is 39.3. The summed E-state index contributed by atoms with van der Waals surface area (Å²) in [5.41, 5.74) is 4.60. The van der Waals surface area contributed by atoms with Crippen molar-refractivity contribution in [1.82, 2.24) is 5.32 Å². The number of ether oxygens (including phenoxy) is 2. The van der Waals surface area contributed by atoms with Crippen molar-refractivity contribution < 1.29 is 23.9 Å². The Hall–Kier alpha value is -4.75. The molecule has 1 aliphatic rings. The van der Waals surface area contributed by atoms with E-state index in [1.807, 2.05) is 78.9 Å². The SMILES string of the molecule is O=C(OCc1ccccc1)c1cc(NC(=O)C2Cc3ccccc3CCN2)cc(C(=O)OCc2ccccc2)c1. The Morgan fingerprint density at radius 3 is 1.80 bits per heavy atom. The van der Waals surface area contributed by atoms with Crippen LogP contribution in [0.4, 0.5) is 5.69 Å². The van der Waals surface area contributed by atoms with Gasteiger partial charge in [-0.1, -0.05) is 84.9 Å². The number of anilines is 1. The molecule has 0 bridgehead atoms. The lowest BCUT2D eigenvalue weighted by Crippen LogP contribution is -2.41. The van der Waals surface area contributed by atoms with Crippen molar-refractivity contribution in [1.29, 1.82) is 0 Å². The molecule has 1 aliphatic heterocycles. The highest BCUT2D eigenvalue weighted by molar-refractivity contribution is 6.00. The number of rotatable bonds is 8. The average Bonchev–Trinajstić information content (AvgIpc) is 3.22. The van der Waals surface area contributed by atoms with Crippen LogP contribution >= 0.6 is 0 Å². The molecule has 0 spiro atoms. The molecular formula is C33H30N2O5. The van der Waals surface area contributed by atoms with Crippen LogP contribution in [0.25, 0.3) is 0 Å². The lowest BCUT2D eigenvalue weighted by molar-refractivity contribution is -0.118. The predicted octanol–water partition coefficient (Wildman–Crippen LogP) is 5.10. The molecule has 0 fully saturated rings. The highest BCUT2D eigenvalue weighted by Gasteiger charge is 2.24. The second-order valence-electron chi connectivity index (χ2n) is 9.64. The second kappa shape index (κ2) is 12.9. The molecule has 202 valence electrons. The quantitative estimate of drug-likeness (QED) is 0.306. The van der Waals surface area contributed by atoms with E-state index in [0.717, 1.165) is 23.1 Å². The van der Waals surface area contributed by atoms with Gasteiger partial charge in [0.25, 0.3) is 0 Å². The Morgan fingerprint density at radius 1 is 0.700 bits per heavy atom. The zero-order chi connectivity index (χ0) is 27.7. The van der Waals surface area contributed by atoms with E-state index in [1.54, 1.807) is 0 Å². The molecule has 1 atom stereocenters. The first-order chi connectivity index (χ1) is 19.5. The third kappa shape index (κ3) is 7.01. The second-order valence-corrected chi connectivity index (χ2v) is 9.64. The first-order valence-corrected chi connectivity index (χ1v) is 13.2. The van der Waals surface area contributed by atoms with Crippen molar-refractivity contribution in [3.8, 4) is 0 Å². The number of amides is 1. The summed E-state index contributed by atoms with van der Waals surface area (Å²) >= 11 is 0. The molecule has 4 aromatic rings. The molecule has 1 unspecified atom stereocenters. The van der Waals surface area contributed by atoms with E-state index < -0.39 is 18.0 Å². The third-order valence-electron chi connectivity index (χ3n) is 6.74. The van der Waals surface area contributed by atoms with Crippen LogP contribution in [0.5, 0.6) is 0 Å². The van der Waals surface area contributed by atoms with Crippen molar-refractivity contribution in [3.63, 3.8) is 0 Å². The maximum atomic E-state index is 13.3.